The highest BCUT2D eigenvalue weighted by Crippen LogP contribution is 2.29. The Morgan fingerprint density at radius 2 is 1.47 bits per heavy atom. The van der Waals surface area contributed by atoms with Crippen molar-refractivity contribution in [1.82, 2.24) is 0 Å². The Bertz CT molecular complexity index is 222. The van der Waals surface area contributed by atoms with Gasteiger partial charge in [0.25, 0.3) is 0 Å². The van der Waals surface area contributed by atoms with E-state index in [9.17, 15) is 4.79 Å². The third kappa shape index (κ3) is 4.44. The van der Waals surface area contributed by atoms with Crippen LogP contribution in [-0.2, 0) is 4.79 Å². The molecule has 2 saturated carbocycles. The van der Waals surface area contributed by atoms with Crippen molar-refractivity contribution >= 4 is 5.78 Å². The van der Waals surface area contributed by atoms with Gasteiger partial charge >= 0.3 is 0 Å². The van der Waals surface area contributed by atoms with Crippen LogP contribution in [0, 0.1) is 11.8 Å². The predicted octanol–water partition coefficient (Wildman–Crippen LogP) is 4.89. The zero-order valence-corrected chi connectivity index (χ0v) is 11.3. The third-order valence-electron chi connectivity index (χ3n) is 4.82. The molecular weight excluding hydrogens is 208 g/mol. The highest BCUT2D eigenvalue weighted by atomic mass is 16.1. The number of unbranched alkanes of at least 4 members (excludes halogenated alkanes) is 1. The predicted molar refractivity (Wildman–Crippen MR) is 72.0 cm³/mol. The Hall–Kier alpha value is -0.330. The van der Waals surface area contributed by atoms with E-state index in [1.807, 2.05) is 0 Å². The first-order valence-electron chi connectivity index (χ1n) is 7.89. The number of hydrogen-bond donors (Lipinski definition) is 0. The van der Waals surface area contributed by atoms with Crippen LogP contribution in [0.25, 0.3) is 0 Å². The van der Waals surface area contributed by atoms with Crippen LogP contribution in [0.4, 0.5) is 0 Å². The van der Waals surface area contributed by atoms with Crippen LogP contribution in [0.5, 0.6) is 0 Å². The molecule has 0 N–H and O–H groups in total. The summed E-state index contributed by atoms with van der Waals surface area (Å²) in [6.07, 6.45) is 16.9. The van der Waals surface area contributed by atoms with Crippen molar-refractivity contribution in [1.29, 1.82) is 0 Å². The summed E-state index contributed by atoms with van der Waals surface area (Å²) in [5, 5.41) is 0. The highest BCUT2D eigenvalue weighted by Gasteiger charge is 2.21. The molecule has 0 radical (unpaired) electrons. The fourth-order valence-corrected chi connectivity index (χ4v) is 3.66. The Morgan fingerprint density at radius 3 is 2.18 bits per heavy atom. The molecule has 0 bridgehead atoms. The van der Waals surface area contributed by atoms with Gasteiger partial charge in [-0.15, -0.1) is 0 Å². The summed E-state index contributed by atoms with van der Waals surface area (Å²) in [5.74, 6) is 2.01. The molecule has 1 heteroatoms. The number of carbonyl (C=O) groups is 1. The van der Waals surface area contributed by atoms with Crippen LogP contribution < -0.4 is 0 Å². The summed E-state index contributed by atoms with van der Waals surface area (Å²) in [6, 6.07) is 0. The van der Waals surface area contributed by atoms with Crippen LogP contribution >= 0.6 is 0 Å². The minimum atomic E-state index is 0.449. The number of rotatable bonds is 6. The Kier molecular flexibility index (Phi) is 5.54. The monoisotopic (exact) mass is 236 g/mol. The highest BCUT2D eigenvalue weighted by molar-refractivity contribution is 5.81. The van der Waals surface area contributed by atoms with Crippen molar-refractivity contribution in [2.75, 3.05) is 0 Å². The normalized spacial score (nSPS) is 23.1. The van der Waals surface area contributed by atoms with Crippen LogP contribution in [0.1, 0.15) is 83.5 Å². The van der Waals surface area contributed by atoms with Gasteiger partial charge in [0.05, 0.1) is 0 Å². The molecule has 0 aromatic rings. The average molecular weight is 236 g/mol. The van der Waals surface area contributed by atoms with Crippen LogP contribution in [0.3, 0.4) is 0 Å². The second-order valence-electron chi connectivity index (χ2n) is 6.20. The number of hydrogen-bond acceptors (Lipinski definition) is 1. The van der Waals surface area contributed by atoms with Crippen LogP contribution in [0.2, 0.25) is 0 Å². The topological polar surface area (TPSA) is 17.1 Å². The first-order chi connectivity index (χ1) is 8.36. The summed E-state index contributed by atoms with van der Waals surface area (Å²) >= 11 is 0. The number of carbonyl (C=O) groups excluding carboxylic acids is 1. The summed E-state index contributed by atoms with van der Waals surface area (Å²) in [4.78, 5) is 11.9. The Balaban J connectivity index is 1.51. The van der Waals surface area contributed by atoms with E-state index in [1.165, 1.54) is 70.6 Å². The lowest BCUT2D eigenvalue weighted by Gasteiger charge is -2.21. The molecule has 2 rings (SSSR count). The summed E-state index contributed by atoms with van der Waals surface area (Å²) < 4.78 is 0. The molecule has 0 amide bonds. The Morgan fingerprint density at radius 1 is 0.824 bits per heavy atom. The molecule has 1 nitrogen and oxygen atoms in total. The third-order valence-corrected chi connectivity index (χ3v) is 4.82. The molecule has 2 aliphatic rings. The van der Waals surface area contributed by atoms with E-state index in [-0.39, 0.29) is 0 Å². The standard InChI is InChI=1S/C16H28O/c17-16(15-11-5-6-12-15)13-7-4-10-14-8-2-1-3-9-14/h14-15H,1-13H2. The zero-order valence-electron chi connectivity index (χ0n) is 11.3. The molecule has 0 aromatic carbocycles. The van der Waals surface area contributed by atoms with Gasteiger partial charge in [-0.1, -0.05) is 57.8 Å². The van der Waals surface area contributed by atoms with Gasteiger partial charge in [0.15, 0.2) is 0 Å². The molecule has 0 aromatic heterocycles. The van der Waals surface area contributed by atoms with Crippen molar-refractivity contribution in [2.24, 2.45) is 11.8 Å². The van der Waals surface area contributed by atoms with E-state index in [2.05, 4.69) is 0 Å². The smallest absolute Gasteiger partial charge is 0.135 e. The minimum absolute atomic E-state index is 0.449. The molecule has 0 spiro atoms. The summed E-state index contributed by atoms with van der Waals surface area (Å²) in [7, 11) is 0. The minimum Gasteiger partial charge on any atom is -0.299 e. The first-order valence-corrected chi connectivity index (χ1v) is 7.89. The molecule has 0 heterocycles. The van der Waals surface area contributed by atoms with Crippen LogP contribution in [0.15, 0.2) is 0 Å². The maximum absolute atomic E-state index is 11.9. The van der Waals surface area contributed by atoms with Crippen molar-refractivity contribution in [3.8, 4) is 0 Å². The van der Waals surface area contributed by atoms with Crippen molar-refractivity contribution in [2.45, 2.75) is 83.5 Å². The molecule has 17 heavy (non-hydrogen) atoms. The molecule has 2 fully saturated rings. The van der Waals surface area contributed by atoms with E-state index < -0.39 is 0 Å². The van der Waals surface area contributed by atoms with Crippen LogP contribution in [-0.4, -0.2) is 5.78 Å². The molecule has 0 saturated heterocycles. The molecule has 2 aliphatic carbocycles. The quantitative estimate of drug-likeness (QED) is 0.600. The van der Waals surface area contributed by atoms with E-state index in [4.69, 9.17) is 0 Å². The molecular formula is C16H28O. The molecule has 0 atom stereocenters. The average Bonchev–Trinajstić information content (AvgIpc) is 2.89. The molecule has 0 aliphatic heterocycles. The van der Waals surface area contributed by atoms with Gasteiger partial charge in [0.2, 0.25) is 0 Å². The maximum Gasteiger partial charge on any atom is 0.135 e. The molecule has 0 unspecified atom stereocenters. The number of Topliss-reactive ketones (excluding diaryl/α,β-unsaturated/α-hetero) is 1. The van der Waals surface area contributed by atoms with Crippen molar-refractivity contribution in [3.63, 3.8) is 0 Å². The van der Waals surface area contributed by atoms with E-state index in [0.29, 0.717) is 11.7 Å². The van der Waals surface area contributed by atoms with Gasteiger partial charge in [-0.2, -0.15) is 0 Å². The zero-order chi connectivity index (χ0) is 11.9. The second kappa shape index (κ2) is 7.18. The second-order valence-corrected chi connectivity index (χ2v) is 6.20. The van der Waals surface area contributed by atoms with Gasteiger partial charge in [-0.3, -0.25) is 4.79 Å². The summed E-state index contributed by atoms with van der Waals surface area (Å²) in [5.41, 5.74) is 0. The van der Waals surface area contributed by atoms with Gasteiger partial charge in [-0.05, 0) is 25.2 Å². The SMILES string of the molecule is O=C(CCCCC1CCCCC1)C1CCCC1. The van der Waals surface area contributed by atoms with Gasteiger partial charge in [0.1, 0.15) is 5.78 Å². The lowest BCUT2D eigenvalue weighted by atomic mass is 9.85. The fraction of sp³-hybridized carbons (Fsp3) is 0.938. The first kappa shape index (κ1) is 13.1. The lowest BCUT2D eigenvalue weighted by Crippen LogP contribution is -2.11. The fourth-order valence-electron chi connectivity index (χ4n) is 3.66. The van der Waals surface area contributed by atoms with Gasteiger partial charge < -0.3 is 0 Å². The van der Waals surface area contributed by atoms with E-state index in [1.54, 1.807) is 0 Å². The Labute approximate surface area is 106 Å². The molecule has 98 valence electrons. The number of ketones is 1. The van der Waals surface area contributed by atoms with Gasteiger partial charge in [-0.25, -0.2) is 0 Å². The lowest BCUT2D eigenvalue weighted by molar-refractivity contribution is -0.122. The van der Waals surface area contributed by atoms with Crippen molar-refractivity contribution < 1.29 is 4.79 Å². The van der Waals surface area contributed by atoms with Gasteiger partial charge in [0, 0.05) is 12.3 Å². The van der Waals surface area contributed by atoms with E-state index >= 15 is 0 Å². The summed E-state index contributed by atoms with van der Waals surface area (Å²) in [6.45, 7) is 0. The largest absolute Gasteiger partial charge is 0.299 e. The maximum atomic E-state index is 11.9. The van der Waals surface area contributed by atoms with Crippen molar-refractivity contribution in [3.05, 3.63) is 0 Å². The van der Waals surface area contributed by atoms with E-state index in [0.717, 1.165) is 18.8 Å².